The van der Waals surface area contributed by atoms with Gasteiger partial charge in [0.15, 0.2) is 5.96 Å². The van der Waals surface area contributed by atoms with Crippen LogP contribution < -0.4 is 16.0 Å². The number of fused-ring (bicyclic) bond motifs is 1. The number of guanidine groups is 1. The Kier molecular flexibility index (Phi) is 7.51. The molecule has 1 saturated heterocycles. The number of para-hydroxylation sites is 1. The van der Waals surface area contributed by atoms with E-state index in [4.69, 9.17) is 0 Å². The molecule has 2 aliphatic rings. The number of nitrogens with zero attached hydrogens (tertiary/aromatic N) is 2. The molecule has 2 heterocycles. The van der Waals surface area contributed by atoms with Crippen LogP contribution in [0.15, 0.2) is 29.3 Å². The van der Waals surface area contributed by atoms with Gasteiger partial charge in [0.2, 0.25) is 5.91 Å². The van der Waals surface area contributed by atoms with Gasteiger partial charge in [0.25, 0.3) is 0 Å². The van der Waals surface area contributed by atoms with Crippen LogP contribution in [0.2, 0.25) is 0 Å². The second kappa shape index (κ2) is 10.3. The second-order valence-corrected chi connectivity index (χ2v) is 7.53. The number of hydrogen-bond acceptors (Lipinski definition) is 3. The second-order valence-electron chi connectivity index (χ2n) is 7.53. The molecule has 1 fully saturated rings. The van der Waals surface area contributed by atoms with Gasteiger partial charge in [0, 0.05) is 38.2 Å². The van der Waals surface area contributed by atoms with Crippen molar-refractivity contribution < 1.29 is 4.79 Å². The highest BCUT2D eigenvalue weighted by atomic mass is 16.1. The minimum atomic E-state index is 0.0842. The van der Waals surface area contributed by atoms with Crippen LogP contribution in [0.4, 0.5) is 5.69 Å². The van der Waals surface area contributed by atoms with Crippen molar-refractivity contribution in [2.45, 2.75) is 44.4 Å². The van der Waals surface area contributed by atoms with Crippen molar-refractivity contribution in [2.24, 2.45) is 4.99 Å². The zero-order valence-corrected chi connectivity index (χ0v) is 16.5. The maximum Gasteiger partial charge on any atom is 0.225 e. The average molecular weight is 372 g/mol. The van der Waals surface area contributed by atoms with Gasteiger partial charge in [-0.25, -0.2) is 0 Å². The highest BCUT2D eigenvalue weighted by Gasteiger charge is 2.24. The minimum Gasteiger partial charge on any atom is -0.356 e. The Morgan fingerprint density at radius 3 is 2.74 bits per heavy atom. The van der Waals surface area contributed by atoms with Gasteiger partial charge >= 0.3 is 0 Å². The lowest BCUT2D eigenvalue weighted by molar-refractivity contribution is -0.116. The van der Waals surface area contributed by atoms with Gasteiger partial charge < -0.3 is 20.9 Å². The molecular formula is C21H33N5O. The predicted molar refractivity (Wildman–Crippen MR) is 111 cm³/mol. The normalized spacial score (nSPS) is 21.1. The monoisotopic (exact) mass is 371 g/mol. The fourth-order valence-electron chi connectivity index (χ4n) is 3.99. The van der Waals surface area contributed by atoms with Gasteiger partial charge in [0.1, 0.15) is 0 Å². The molecule has 0 aromatic heterocycles. The number of amides is 1. The molecule has 1 amide bonds. The Bertz CT molecular complexity index is 637. The van der Waals surface area contributed by atoms with Crippen molar-refractivity contribution in [1.29, 1.82) is 0 Å². The smallest absolute Gasteiger partial charge is 0.225 e. The molecule has 148 valence electrons. The molecule has 3 N–H and O–H groups in total. The Balaban J connectivity index is 1.41. The first-order chi connectivity index (χ1) is 13.3. The summed E-state index contributed by atoms with van der Waals surface area (Å²) in [6.45, 7) is 5.26. The topological polar surface area (TPSA) is 68.8 Å². The van der Waals surface area contributed by atoms with Gasteiger partial charge in [-0.2, -0.15) is 0 Å². The number of hydrogen-bond donors (Lipinski definition) is 3. The number of carbonyl (C=O) groups is 1. The van der Waals surface area contributed by atoms with Crippen LogP contribution in [0.5, 0.6) is 0 Å². The number of carbonyl (C=O) groups excluding carboxylic acids is 1. The number of aliphatic imine (C=N–C) groups is 1. The molecule has 1 aromatic carbocycles. The summed E-state index contributed by atoms with van der Waals surface area (Å²) in [7, 11) is 1.80. The van der Waals surface area contributed by atoms with E-state index in [0.717, 1.165) is 31.2 Å². The van der Waals surface area contributed by atoms with E-state index in [2.05, 4.69) is 31.9 Å². The molecule has 0 bridgehead atoms. The van der Waals surface area contributed by atoms with Crippen LogP contribution >= 0.6 is 0 Å². The first-order valence-electron chi connectivity index (χ1n) is 10.3. The number of rotatable bonds is 6. The lowest BCUT2D eigenvalue weighted by Gasteiger charge is -2.26. The van der Waals surface area contributed by atoms with Crippen molar-refractivity contribution in [3.05, 3.63) is 29.8 Å². The summed E-state index contributed by atoms with van der Waals surface area (Å²) in [5.41, 5.74) is 2.13. The van der Waals surface area contributed by atoms with E-state index in [1.54, 1.807) is 7.05 Å². The van der Waals surface area contributed by atoms with Crippen molar-refractivity contribution in [1.82, 2.24) is 15.5 Å². The van der Waals surface area contributed by atoms with Crippen molar-refractivity contribution in [3.63, 3.8) is 0 Å². The van der Waals surface area contributed by atoms with E-state index in [1.165, 1.54) is 44.3 Å². The van der Waals surface area contributed by atoms with Crippen molar-refractivity contribution in [3.8, 4) is 0 Å². The average Bonchev–Trinajstić information content (AvgIpc) is 2.96. The highest BCUT2D eigenvalue weighted by molar-refractivity contribution is 5.94. The van der Waals surface area contributed by atoms with E-state index in [9.17, 15) is 4.79 Å². The largest absolute Gasteiger partial charge is 0.356 e. The Hall–Kier alpha value is -2.08. The summed E-state index contributed by atoms with van der Waals surface area (Å²) in [4.78, 5) is 18.9. The summed E-state index contributed by atoms with van der Waals surface area (Å²) in [6, 6.07) is 8.05. The Labute approximate surface area is 162 Å². The van der Waals surface area contributed by atoms with E-state index < -0.39 is 0 Å². The zero-order chi connectivity index (χ0) is 18.9. The van der Waals surface area contributed by atoms with Crippen LogP contribution in [-0.4, -0.2) is 56.5 Å². The van der Waals surface area contributed by atoms with E-state index in [-0.39, 0.29) is 11.8 Å². The lowest BCUT2D eigenvalue weighted by atomic mass is 9.90. The van der Waals surface area contributed by atoms with Crippen LogP contribution in [0.3, 0.4) is 0 Å². The summed E-state index contributed by atoms with van der Waals surface area (Å²) < 4.78 is 0. The molecule has 0 radical (unpaired) electrons. The maximum absolute atomic E-state index is 11.9. The fourth-order valence-corrected chi connectivity index (χ4v) is 3.99. The highest BCUT2D eigenvalue weighted by Crippen LogP contribution is 2.31. The lowest BCUT2D eigenvalue weighted by Crippen LogP contribution is -2.41. The molecule has 27 heavy (non-hydrogen) atoms. The van der Waals surface area contributed by atoms with E-state index >= 15 is 0 Å². The van der Waals surface area contributed by atoms with Crippen LogP contribution in [-0.2, 0) is 4.79 Å². The zero-order valence-electron chi connectivity index (χ0n) is 16.5. The van der Waals surface area contributed by atoms with Gasteiger partial charge in [-0.3, -0.25) is 9.79 Å². The molecule has 2 aliphatic heterocycles. The van der Waals surface area contributed by atoms with E-state index in [1.807, 2.05) is 18.2 Å². The predicted octanol–water partition coefficient (Wildman–Crippen LogP) is 2.54. The van der Waals surface area contributed by atoms with Crippen LogP contribution in [0, 0.1) is 0 Å². The summed E-state index contributed by atoms with van der Waals surface area (Å²) in [5, 5.41) is 9.76. The SMILES string of the molecule is CN=C(NCCCN1CCCCCC1)NCC1CC(=O)Nc2ccccc21. The molecule has 1 atom stereocenters. The Morgan fingerprint density at radius 2 is 1.96 bits per heavy atom. The number of benzene rings is 1. The first kappa shape index (κ1) is 19.7. The maximum atomic E-state index is 11.9. The van der Waals surface area contributed by atoms with Gasteiger partial charge in [0.05, 0.1) is 0 Å². The number of likely N-dealkylation sites (tertiary alicyclic amines) is 1. The first-order valence-corrected chi connectivity index (χ1v) is 10.3. The molecule has 3 rings (SSSR count). The molecule has 1 unspecified atom stereocenters. The number of nitrogens with one attached hydrogen (secondary N) is 3. The quantitative estimate of drug-likeness (QED) is 0.408. The molecule has 6 heteroatoms. The number of anilines is 1. The molecule has 6 nitrogen and oxygen atoms in total. The molecular weight excluding hydrogens is 338 g/mol. The van der Waals surface area contributed by atoms with E-state index in [0.29, 0.717) is 13.0 Å². The van der Waals surface area contributed by atoms with Crippen molar-refractivity contribution in [2.75, 3.05) is 45.1 Å². The molecule has 0 spiro atoms. The standard InChI is InChI=1S/C21H33N5O/c1-22-21(23-11-8-14-26-12-6-2-3-7-13-26)24-16-17-15-20(27)25-19-10-5-4-9-18(17)19/h4-5,9-10,17H,2-3,6-8,11-16H2,1H3,(H,25,27)(H2,22,23,24). The van der Waals surface area contributed by atoms with Crippen LogP contribution in [0.25, 0.3) is 0 Å². The van der Waals surface area contributed by atoms with Gasteiger partial charge in [-0.15, -0.1) is 0 Å². The molecule has 0 saturated carbocycles. The summed E-state index contributed by atoms with van der Waals surface area (Å²) in [5.74, 6) is 1.07. The minimum absolute atomic E-state index is 0.0842. The fraction of sp³-hybridized carbons (Fsp3) is 0.619. The summed E-state index contributed by atoms with van der Waals surface area (Å²) in [6.07, 6.45) is 7.08. The third-order valence-electron chi connectivity index (χ3n) is 5.49. The summed E-state index contributed by atoms with van der Waals surface area (Å²) >= 11 is 0. The third-order valence-corrected chi connectivity index (χ3v) is 5.49. The molecule has 0 aliphatic carbocycles. The van der Waals surface area contributed by atoms with Gasteiger partial charge in [-0.1, -0.05) is 31.0 Å². The Morgan fingerprint density at radius 1 is 1.19 bits per heavy atom. The molecule has 1 aromatic rings. The van der Waals surface area contributed by atoms with Gasteiger partial charge in [-0.05, 0) is 50.5 Å². The van der Waals surface area contributed by atoms with Crippen molar-refractivity contribution >= 4 is 17.6 Å². The van der Waals surface area contributed by atoms with Crippen LogP contribution in [0.1, 0.15) is 50.0 Å². The third kappa shape index (κ3) is 5.96.